The molecule has 40 heavy (non-hydrogen) atoms. The fraction of sp³-hybridized carbons (Fsp3) is 0.333. The maximum atomic E-state index is 14.2. The van der Waals surface area contributed by atoms with Crippen molar-refractivity contribution in [1.29, 1.82) is 0 Å². The monoisotopic (exact) mass is 569 g/mol. The number of carbonyl (C=O) groups is 3. The summed E-state index contributed by atoms with van der Waals surface area (Å²) in [5, 5.41) is 2.93. The van der Waals surface area contributed by atoms with Crippen LogP contribution in [0.5, 0.6) is 17.2 Å². The van der Waals surface area contributed by atoms with E-state index in [4.69, 9.17) is 30.4 Å². The number of nitrogens with two attached hydrogens (primary N) is 2. The molecule has 2 atom stereocenters. The molecule has 1 aromatic heterocycles. The first-order chi connectivity index (χ1) is 19.3. The molecule has 1 fully saturated rings. The third-order valence-corrected chi connectivity index (χ3v) is 7.33. The van der Waals surface area contributed by atoms with Crippen LogP contribution in [0, 0.1) is 0 Å². The number of nitrogen functional groups attached to an aromatic ring is 1. The quantitative estimate of drug-likeness (QED) is 0.314. The van der Waals surface area contributed by atoms with E-state index in [2.05, 4.69) is 9.69 Å². The summed E-state index contributed by atoms with van der Waals surface area (Å²) < 4.78 is 25.8. The number of amides is 3. The van der Waals surface area contributed by atoms with Gasteiger partial charge in [-0.15, -0.1) is 0 Å². The molecule has 212 valence electrons. The minimum absolute atomic E-state index is 0.0398. The fourth-order valence-electron chi connectivity index (χ4n) is 4.42. The van der Waals surface area contributed by atoms with Gasteiger partial charge < -0.3 is 35.7 Å². The summed E-state index contributed by atoms with van der Waals surface area (Å²) in [7, 11) is 4.50. The topological polar surface area (TPSA) is 168 Å². The van der Waals surface area contributed by atoms with Crippen LogP contribution in [-0.4, -0.2) is 62.7 Å². The van der Waals surface area contributed by atoms with Gasteiger partial charge in [-0.05, 0) is 66.3 Å². The van der Waals surface area contributed by atoms with Crippen molar-refractivity contribution in [2.75, 3.05) is 45.1 Å². The lowest BCUT2D eigenvalue weighted by atomic mass is 10.0. The van der Waals surface area contributed by atoms with E-state index in [0.717, 1.165) is 24.4 Å². The van der Waals surface area contributed by atoms with E-state index in [9.17, 15) is 14.4 Å². The van der Waals surface area contributed by atoms with Crippen molar-refractivity contribution >= 4 is 40.6 Å². The Kier molecular flexibility index (Phi) is 9.07. The maximum absolute atomic E-state index is 14.2. The lowest BCUT2D eigenvalue weighted by molar-refractivity contribution is -0.123. The average molecular weight is 570 g/mol. The van der Waals surface area contributed by atoms with Gasteiger partial charge in [0.1, 0.15) is 16.7 Å². The molecule has 3 aromatic rings. The van der Waals surface area contributed by atoms with Crippen molar-refractivity contribution in [2.24, 2.45) is 5.73 Å². The first-order valence-corrected chi connectivity index (χ1v) is 13.2. The molecule has 2 aromatic carbocycles. The molecule has 1 aliphatic rings. The number of methoxy groups -OCH3 is 3. The summed E-state index contributed by atoms with van der Waals surface area (Å²) in [5.41, 5.74) is 11.9. The fourth-order valence-corrected chi connectivity index (χ4v) is 5.16. The first kappa shape index (κ1) is 28.6. The highest BCUT2D eigenvalue weighted by Crippen LogP contribution is 2.37. The normalized spacial score (nSPS) is 15.2. The smallest absolute Gasteiger partial charge is 0.273 e. The van der Waals surface area contributed by atoms with Gasteiger partial charge in [-0.25, -0.2) is 0 Å². The second-order valence-corrected chi connectivity index (χ2v) is 9.68. The summed E-state index contributed by atoms with van der Waals surface area (Å²) in [6, 6.07) is 10.4. The number of nitrogens with zero attached hydrogens (tertiary/aromatic N) is 2. The molecule has 2 heterocycles. The van der Waals surface area contributed by atoms with E-state index in [1.807, 2.05) is 0 Å². The van der Waals surface area contributed by atoms with Gasteiger partial charge in [0.05, 0.1) is 33.1 Å². The minimum atomic E-state index is -1.19. The van der Waals surface area contributed by atoms with Crippen LogP contribution >= 0.6 is 11.5 Å². The van der Waals surface area contributed by atoms with Crippen molar-refractivity contribution in [1.82, 2.24) is 9.69 Å². The standard InChI is InChI=1S/C27H31N5O7S/c1-36-17-9-7-16(8-10-17)32(27(35)24-21(28)22(25(29)33)31-40-24)23(26(34)30-14-18-5-4-12-39-18)15-6-11-19(37-2)20(13-15)38-3/h6-11,13,18,23H,4-5,12,14,28H2,1-3H3,(H2,29,33)(H,30,34)/t18-,23+/m1/s1. The summed E-state index contributed by atoms with van der Waals surface area (Å²) in [5.74, 6) is -0.619. The Balaban J connectivity index is 1.85. The number of primary amides is 1. The molecule has 13 heteroatoms. The number of benzene rings is 2. The van der Waals surface area contributed by atoms with Crippen molar-refractivity contribution < 1.29 is 33.3 Å². The third kappa shape index (κ3) is 5.95. The Hall–Kier alpha value is -4.36. The summed E-state index contributed by atoms with van der Waals surface area (Å²) in [6.45, 7) is 0.894. The number of nitrogens with one attached hydrogen (secondary N) is 1. The molecule has 0 spiro atoms. The molecule has 3 amide bonds. The van der Waals surface area contributed by atoms with Gasteiger partial charge in [-0.2, -0.15) is 4.37 Å². The summed E-state index contributed by atoms with van der Waals surface area (Å²) in [4.78, 5) is 41.2. The van der Waals surface area contributed by atoms with Crippen molar-refractivity contribution in [3.8, 4) is 17.2 Å². The van der Waals surface area contributed by atoms with Gasteiger partial charge in [0.2, 0.25) is 5.91 Å². The van der Waals surface area contributed by atoms with Crippen LogP contribution in [-0.2, 0) is 9.53 Å². The molecule has 0 saturated carbocycles. The second-order valence-electron chi connectivity index (χ2n) is 8.91. The minimum Gasteiger partial charge on any atom is -0.497 e. The molecule has 0 bridgehead atoms. The van der Waals surface area contributed by atoms with E-state index in [-0.39, 0.29) is 28.9 Å². The van der Waals surface area contributed by atoms with Gasteiger partial charge in [0.15, 0.2) is 17.2 Å². The largest absolute Gasteiger partial charge is 0.497 e. The number of carbonyl (C=O) groups excluding carboxylic acids is 3. The molecule has 4 rings (SSSR count). The van der Waals surface area contributed by atoms with Crippen LogP contribution in [0.1, 0.15) is 44.6 Å². The predicted molar refractivity (Wildman–Crippen MR) is 149 cm³/mol. The SMILES string of the molecule is COc1ccc(N(C(=O)c2snc(C(N)=O)c2N)[C@H](C(=O)NC[C@H]2CCCO2)c2ccc(OC)c(OC)c2)cc1. The van der Waals surface area contributed by atoms with Gasteiger partial charge in [-0.3, -0.25) is 19.3 Å². The van der Waals surface area contributed by atoms with E-state index >= 15 is 0 Å². The molecule has 0 aliphatic carbocycles. The van der Waals surface area contributed by atoms with Crippen molar-refractivity contribution in [2.45, 2.75) is 25.0 Å². The molecule has 12 nitrogen and oxygen atoms in total. The average Bonchev–Trinajstić information content (AvgIpc) is 3.63. The zero-order valence-corrected chi connectivity index (χ0v) is 23.2. The van der Waals surface area contributed by atoms with Crippen LogP contribution in [0.2, 0.25) is 0 Å². The number of anilines is 2. The van der Waals surface area contributed by atoms with E-state index in [0.29, 0.717) is 35.1 Å². The van der Waals surface area contributed by atoms with Crippen LogP contribution in [0.25, 0.3) is 0 Å². The Morgan fingerprint density at radius 3 is 2.40 bits per heavy atom. The van der Waals surface area contributed by atoms with Crippen LogP contribution in [0.15, 0.2) is 42.5 Å². The Bertz CT molecular complexity index is 1370. The highest BCUT2D eigenvalue weighted by molar-refractivity contribution is 7.09. The molecular weight excluding hydrogens is 538 g/mol. The maximum Gasteiger partial charge on any atom is 0.273 e. The summed E-state index contributed by atoms with van der Waals surface area (Å²) in [6.07, 6.45) is 1.59. The lowest BCUT2D eigenvalue weighted by Gasteiger charge is -2.32. The van der Waals surface area contributed by atoms with Crippen LogP contribution < -0.4 is 35.9 Å². The molecule has 1 saturated heterocycles. The van der Waals surface area contributed by atoms with E-state index in [1.165, 1.54) is 26.2 Å². The predicted octanol–water partition coefficient (Wildman–Crippen LogP) is 2.53. The molecular formula is C27H31N5O7S. The van der Waals surface area contributed by atoms with Gasteiger partial charge in [0, 0.05) is 18.8 Å². The van der Waals surface area contributed by atoms with Crippen LogP contribution in [0.3, 0.4) is 0 Å². The van der Waals surface area contributed by atoms with Crippen molar-refractivity contribution in [3.63, 3.8) is 0 Å². The lowest BCUT2D eigenvalue weighted by Crippen LogP contribution is -2.45. The Morgan fingerprint density at radius 2 is 1.82 bits per heavy atom. The molecule has 5 N–H and O–H groups in total. The first-order valence-electron chi connectivity index (χ1n) is 12.4. The zero-order valence-electron chi connectivity index (χ0n) is 22.3. The third-order valence-electron chi connectivity index (χ3n) is 6.48. The highest BCUT2D eigenvalue weighted by Gasteiger charge is 2.37. The van der Waals surface area contributed by atoms with Crippen molar-refractivity contribution in [3.05, 3.63) is 58.6 Å². The number of ether oxygens (including phenoxy) is 4. The second kappa shape index (κ2) is 12.7. The Labute approximate surface area is 235 Å². The van der Waals surface area contributed by atoms with E-state index in [1.54, 1.807) is 42.5 Å². The number of hydrogen-bond donors (Lipinski definition) is 3. The zero-order chi connectivity index (χ0) is 28.8. The number of aromatic nitrogens is 1. The van der Waals surface area contributed by atoms with Gasteiger partial charge in [0.25, 0.3) is 11.8 Å². The number of rotatable bonds is 11. The van der Waals surface area contributed by atoms with Gasteiger partial charge >= 0.3 is 0 Å². The molecule has 0 unspecified atom stereocenters. The Morgan fingerprint density at radius 1 is 1.10 bits per heavy atom. The molecule has 1 aliphatic heterocycles. The van der Waals surface area contributed by atoms with Crippen LogP contribution in [0.4, 0.5) is 11.4 Å². The summed E-state index contributed by atoms with van der Waals surface area (Å²) >= 11 is 0.727. The molecule has 0 radical (unpaired) electrons. The van der Waals surface area contributed by atoms with Gasteiger partial charge in [-0.1, -0.05) is 6.07 Å². The highest BCUT2D eigenvalue weighted by atomic mass is 32.1. The van der Waals surface area contributed by atoms with E-state index < -0.39 is 23.8 Å². The number of hydrogen-bond acceptors (Lipinski definition) is 10.